The second kappa shape index (κ2) is 8.26. The van der Waals surface area contributed by atoms with Gasteiger partial charge in [-0.25, -0.2) is 8.42 Å². The van der Waals surface area contributed by atoms with E-state index >= 15 is 0 Å². The number of nitrogens with one attached hydrogen (secondary N) is 1. The largest absolute Gasteiger partial charge is 0.480 e. The molecule has 138 valence electrons. The highest BCUT2D eigenvalue weighted by Crippen LogP contribution is 2.24. The lowest BCUT2D eigenvalue weighted by molar-refractivity contribution is 0.374. The van der Waals surface area contributed by atoms with Gasteiger partial charge in [-0.1, -0.05) is 65.9 Å². The molecule has 0 saturated heterocycles. The molecule has 0 heterocycles. The number of hydrogen-bond donors (Lipinski definition) is 1. The van der Waals surface area contributed by atoms with Gasteiger partial charge in [0.2, 0.25) is 10.0 Å². The lowest BCUT2D eigenvalue weighted by Crippen LogP contribution is -2.24. The molecule has 0 fully saturated rings. The highest BCUT2D eigenvalue weighted by atomic mass is 32.2. The lowest BCUT2D eigenvalue weighted by atomic mass is 10.1. The van der Waals surface area contributed by atoms with Crippen molar-refractivity contribution in [2.45, 2.75) is 18.7 Å². The van der Waals surface area contributed by atoms with Crippen molar-refractivity contribution in [2.24, 2.45) is 0 Å². The van der Waals surface area contributed by atoms with Gasteiger partial charge in [-0.3, -0.25) is 0 Å². The minimum Gasteiger partial charge on any atom is -0.480 e. The van der Waals surface area contributed by atoms with Crippen LogP contribution in [0.3, 0.4) is 0 Å². The average molecular weight is 379 g/mol. The zero-order valence-electron chi connectivity index (χ0n) is 15.3. The van der Waals surface area contributed by atoms with Gasteiger partial charge in [0.25, 0.3) is 0 Å². The summed E-state index contributed by atoms with van der Waals surface area (Å²) in [5.41, 5.74) is 1.74. The summed E-state index contributed by atoms with van der Waals surface area (Å²) in [5.74, 6) is 6.40. The van der Waals surface area contributed by atoms with E-state index in [1.165, 1.54) is 0 Å². The highest BCUT2D eigenvalue weighted by molar-refractivity contribution is 7.89. The molecule has 0 aliphatic carbocycles. The van der Waals surface area contributed by atoms with Crippen LogP contribution in [-0.2, 0) is 10.0 Å². The van der Waals surface area contributed by atoms with E-state index in [0.29, 0.717) is 0 Å². The summed E-state index contributed by atoms with van der Waals surface area (Å²) in [6.07, 6.45) is 0. The molecule has 3 aromatic carbocycles. The number of hydrogen-bond acceptors (Lipinski definition) is 3. The second-order valence-corrected chi connectivity index (χ2v) is 7.95. The third-order valence-corrected chi connectivity index (χ3v) is 5.71. The normalized spacial score (nSPS) is 11.0. The number of sulfonamides is 1. The van der Waals surface area contributed by atoms with Crippen LogP contribution < -0.4 is 9.46 Å². The van der Waals surface area contributed by atoms with Gasteiger partial charge in [0.1, 0.15) is 12.4 Å². The maximum Gasteiger partial charge on any atom is 0.241 e. The molecular weight excluding hydrogens is 358 g/mol. The van der Waals surface area contributed by atoms with Crippen molar-refractivity contribution in [3.63, 3.8) is 0 Å². The fraction of sp³-hybridized carbons (Fsp3) is 0.182. The van der Waals surface area contributed by atoms with Crippen LogP contribution in [0.2, 0.25) is 0 Å². The molecule has 0 saturated carbocycles. The van der Waals surface area contributed by atoms with Crippen molar-refractivity contribution < 1.29 is 13.2 Å². The molecule has 27 heavy (non-hydrogen) atoms. The topological polar surface area (TPSA) is 55.4 Å². The van der Waals surface area contributed by atoms with Crippen molar-refractivity contribution in [3.05, 3.63) is 71.8 Å². The molecule has 5 heteroatoms. The highest BCUT2D eigenvalue weighted by Gasteiger charge is 2.15. The molecule has 0 spiro atoms. The van der Waals surface area contributed by atoms with Crippen LogP contribution in [-0.4, -0.2) is 21.6 Å². The molecule has 4 nitrogen and oxygen atoms in total. The second-order valence-electron chi connectivity index (χ2n) is 6.21. The van der Waals surface area contributed by atoms with Crippen LogP contribution in [0.15, 0.2) is 65.6 Å². The average Bonchev–Trinajstić information content (AvgIpc) is 2.64. The molecule has 0 unspecified atom stereocenters. The van der Waals surface area contributed by atoms with Gasteiger partial charge in [-0.05, 0) is 36.9 Å². The Balaban J connectivity index is 1.58. The zero-order valence-corrected chi connectivity index (χ0v) is 16.1. The van der Waals surface area contributed by atoms with E-state index in [0.717, 1.165) is 27.6 Å². The maximum atomic E-state index is 12.4. The third-order valence-electron chi connectivity index (χ3n) is 4.14. The molecule has 1 N–H and O–H groups in total. The first-order valence-electron chi connectivity index (χ1n) is 8.60. The summed E-state index contributed by atoms with van der Waals surface area (Å²) in [4.78, 5) is 0.280. The standard InChI is InChI=1S/C22H21NO3S/c1-17-12-13-22(18(2)16-17)27(24,25)23-14-5-6-15-26-21-11-7-9-19-8-3-4-10-20(19)21/h3-4,7-13,16,23H,14-15H2,1-2H3. The Hall–Kier alpha value is -2.81. The summed E-state index contributed by atoms with van der Waals surface area (Å²) >= 11 is 0. The van der Waals surface area contributed by atoms with Crippen LogP contribution in [0.5, 0.6) is 5.75 Å². The van der Waals surface area contributed by atoms with Crippen LogP contribution >= 0.6 is 0 Å². The van der Waals surface area contributed by atoms with Crippen molar-refractivity contribution in [1.82, 2.24) is 4.72 Å². The SMILES string of the molecule is Cc1ccc(S(=O)(=O)NCC#CCOc2cccc3ccccc23)c(C)c1. The van der Waals surface area contributed by atoms with Gasteiger partial charge >= 0.3 is 0 Å². The first kappa shape index (κ1) is 19.0. The first-order chi connectivity index (χ1) is 13.0. The molecular formula is C22H21NO3S. The first-order valence-corrected chi connectivity index (χ1v) is 10.1. The number of ether oxygens (including phenoxy) is 1. The minimum atomic E-state index is -3.57. The van der Waals surface area contributed by atoms with Crippen molar-refractivity contribution in [2.75, 3.05) is 13.2 Å². The zero-order chi connectivity index (χ0) is 19.3. The van der Waals surface area contributed by atoms with Crippen LogP contribution in [0, 0.1) is 25.7 Å². The number of aryl methyl sites for hydroxylation is 2. The molecule has 0 aliphatic heterocycles. The van der Waals surface area contributed by atoms with Gasteiger partial charge in [0.05, 0.1) is 11.4 Å². The van der Waals surface area contributed by atoms with Gasteiger partial charge < -0.3 is 4.74 Å². The Bertz CT molecular complexity index is 1120. The molecule has 0 radical (unpaired) electrons. The molecule has 3 rings (SSSR count). The van der Waals surface area contributed by atoms with Gasteiger partial charge in [-0.15, -0.1) is 0 Å². The van der Waals surface area contributed by atoms with Crippen molar-refractivity contribution in [1.29, 1.82) is 0 Å². The molecule has 0 aliphatic rings. The van der Waals surface area contributed by atoms with E-state index in [4.69, 9.17) is 4.74 Å². The molecule has 0 bridgehead atoms. The smallest absolute Gasteiger partial charge is 0.241 e. The number of fused-ring (bicyclic) bond motifs is 1. The lowest BCUT2D eigenvalue weighted by Gasteiger charge is -2.08. The predicted molar refractivity (Wildman–Crippen MR) is 108 cm³/mol. The Kier molecular flexibility index (Phi) is 5.80. The van der Waals surface area contributed by atoms with Crippen LogP contribution in [0.4, 0.5) is 0 Å². The van der Waals surface area contributed by atoms with Gasteiger partial charge in [0.15, 0.2) is 0 Å². The van der Waals surface area contributed by atoms with Crippen molar-refractivity contribution in [3.8, 4) is 17.6 Å². The Morgan fingerprint density at radius 1 is 0.963 bits per heavy atom. The summed E-state index contributed by atoms with van der Waals surface area (Å²) in [6, 6.07) is 19.1. The Labute approximate surface area is 160 Å². The van der Waals surface area contributed by atoms with Crippen LogP contribution in [0.1, 0.15) is 11.1 Å². The van der Waals surface area contributed by atoms with E-state index in [2.05, 4.69) is 16.6 Å². The Morgan fingerprint density at radius 2 is 1.74 bits per heavy atom. The molecule has 3 aromatic rings. The quantitative estimate of drug-likeness (QED) is 0.686. The summed E-state index contributed by atoms with van der Waals surface area (Å²) < 4.78 is 32.9. The fourth-order valence-corrected chi connectivity index (χ4v) is 4.01. The van der Waals surface area contributed by atoms with Crippen molar-refractivity contribution >= 4 is 20.8 Å². The van der Waals surface area contributed by atoms with E-state index in [1.54, 1.807) is 19.1 Å². The Morgan fingerprint density at radius 3 is 2.56 bits per heavy atom. The van der Waals surface area contributed by atoms with E-state index in [1.807, 2.05) is 55.5 Å². The van der Waals surface area contributed by atoms with Gasteiger partial charge in [0, 0.05) is 5.39 Å². The minimum absolute atomic E-state index is 0.0363. The molecule has 0 atom stereocenters. The number of benzene rings is 3. The van der Waals surface area contributed by atoms with Gasteiger partial charge in [-0.2, -0.15) is 4.72 Å². The summed E-state index contributed by atoms with van der Waals surface area (Å²) in [5, 5.41) is 2.13. The van der Waals surface area contributed by atoms with Crippen LogP contribution in [0.25, 0.3) is 10.8 Å². The monoisotopic (exact) mass is 379 g/mol. The van der Waals surface area contributed by atoms with E-state index in [-0.39, 0.29) is 18.0 Å². The summed E-state index contributed by atoms with van der Waals surface area (Å²) in [7, 11) is -3.57. The molecule has 0 aromatic heterocycles. The van der Waals surface area contributed by atoms with E-state index in [9.17, 15) is 8.42 Å². The molecule has 0 amide bonds. The summed E-state index contributed by atoms with van der Waals surface area (Å²) in [6.45, 7) is 3.94. The van der Waals surface area contributed by atoms with E-state index < -0.39 is 10.0 Å². The maximum absolute atomic E-state index is 12.4. The fourth-order valence-electron chi connectivity index (χ4n) is 2.86. The third kappa shape index (κ3) is 4.68. The predicted octanol–water partition coefficient (Wildman–Crippen LogP) is 3.82. The number of rotatable bonds is 5.